The molecule has 5 nitrogen and oxygen atoms in total. The van der Waals surface area contributed by atoms with Gasteiger partial charge in [0.25, 0.3) is 5.91 Å². The van der Waals surface area contributed by atoms with Gasteiger partial charge in [-0.1, -0.05) is 18.2 Å². The lowest BCUT2D eigenvalue weighted by molar-refractivity contribution is 0.0939. The molecule has 2 aromatic rings. The molecule has 1 amide bonds. The molecular formula is C13H17N3O2. The van der Waals surface area contributed by atoms with Crippen LogP contribution in [0.1, 0.15) is 17.3 Å². The number of para-hydroxylation sites is 1. The first-order valence-electron chi connectivity index (χ1n) is 5.87. The Hall–Kier alpha value is -1.85. The van der Waals surface area contributed by atoms with E-state index in [1.807, 2.05) is 24.3 Å². The van der Waals surface area contributed by atoms with Gasteiger partial charge in [0.05, 0.1) is 11.7 Å². The van der Waals surface area contributed by atoms with E-state index in [0.717, 1.165) is 10.9 Å². The maximum absolute atomic E-state index is 12.0. The van der Waals surface area contributed by atoms with E-state index >= 15 is 0 Å². The van der Waals surface area contributed by atoms with Gasteiger partial charge < -0.3 is 21.1 Å². The second kappa shape index (κ2) is 5.20. The molecule has 1 aromatic heterocycles. The quantitative estimate of drug-likeness (QED) is 0.638. The number of nitrogens with two attached hydrogens (primary N) is 1. The number of benzene rings is 1. The van der Waals surface area contributed by atoms with Crippen molar-refractivity contribution in [2.45, 2.75) is 19.1 Å². The lowest BCUT2D eigenvalue weighted by atomic mass is 10.1. The highest BCUT2D eigenvalue weighted by atomic mass is 16.3. The molecule has 0 spiro atoms. The SMILES string of the molecule is CC(O)C(N)CNC(=O)c1c[nH]c2ccccc12. The van der Waals surface area contributed by atoms with E-state index in [0.29, 0.717) is 5.56 Å². The zero-order chi connectivity index (χ0) is 13.1. The van der Waals surface area contributed by atoms with E-state index in [9.17, 15) is 9.90 Å². The molecule has 2 rings (SSSR count). The van der Waals surface area contributed by atoms with Crippen molar-refractivity contribution >= 4 is 16.8 Å². The van der Waals surface area contributed by atoms with E-state index in [-0.39, 0.29) is 12.5 Å². The number of aliphatic hydroxyl groups excluding tert-OH is 1. The third-order valence-corrected chi connectivity index (χ3v) is 2.95. The van der Waals surface area contributed by atoms with E-state index in [4.69, 9.17) is 5.73 Å². The van der Waals surface area contributed by atoms with Gasteiger partial charge in [0, 0.05) is 29.7 Å². The van der Waals surface area contributed by atoms with Crippen LogP contribution in [-0.2, 0) is 0 Å². The molecule has 0 fully saturated rings. The fourth-order valence-electron chi connectivity index (χ4n) is 1.74. The Morgan fingerprint density at radius 3 is 2.94 bits per heavy atom. The number of aromatic amines is 1. The van der Waals surface area contributed by atoms with Gasteiger partial charge in [-0.25, -0.2) is 0 Å². The van der Waals surface area contributed by atoms with Gasteiger partial charge in [-0.05, 0) is 13.0 Å². The van der Waals surface area contributed by atoms with Crippen LogP contribution in [0.3, 0.4) is 0 Å². The smallest absolute Gasteiger partial charge is 0.253 e. The minimum Gasteiger partial charge on any atom is -0.392 e. The van der Waals surface area contributed by atoms with Gasteiger partial charge in [-0.3, -0.25) is 4.79 Å². The summed E-state index contributed by atoms with van der Waals surface area (Å²) < 4.78 is 0. The van der Waals surface area contributed by atoms with Gasteiger partial charge >= 0.3 is 0 Å². The number of H-pyrrole nitrogens is 1. The molecule has 2 atom stereocenters. The highest BCUT2D eigenvalue weighted by Crippen LogP contribution is 2.17. The van der Waals surface area contributed by atoms with Gasteiger partial charge in [0.1, 0.15) is 0 Å². The first kappa shape index (κ1) is 12.6. The molecule has 0 saturated carbocycles. The number of fused-ring (bicyclic) bond motifs is 1. The summed E-state index contributed by atoms with van der Waals surface area (Å²) in [5.41, 5.74) is 7.16. The Morgan fingerprint density at radius 1 is 1.50 bits per heavy atom. The summed E-state index contributed by atoms with van der Waals surface area (Å²) in [5, 5.41) is 12.8. The molecule has 5 N–H and O–H groups in total. The minimum atomic E-state index is -0.645. The molecule has 1 heterocycles. The van der Waals surface area contributed by atoms with E-state index in [2.05, 4.69) is 10.3 Å². The number of carbonyl (C=O) groups is 1. The Labute approximate surface area is 105 Å². The van der Waals surface area contributed by atoms with Crippen LogP contribution in [0.2, 0.25) is 0 Å². The summed E-state index contributed by atoms with van der Waals surface area (Å²) in [5.74, 6) is -0.191. The predicted octanol–water partition coefficient (Wildman–Crippen LogP) is 0.606. The maximum Gasteiger partial charge on any atom is 0.253 e. The van der Waals surface area contributed by atoms with Crippen LogP contribution in [0, 0.1) is 0 Å². The van der Waals surface area contributed by atoms with Gasteiger partial charge in [0.15, 0.2) is 0 Å². The summed E-state index contributed by atoms with van der Waals surface area (Å²) in [6.07, 6.45) is 1.03. The molecule has 0 aliphatic carbocycles. The van der Waals surface area contributed by atoms with Gasteiger partial charge in [-0.15, -0.1) is 0 Å². The largest absolute Gasteiger partial charge is 0.392 e. The van der Waals surface area contributed by atoms with Crippen LogP contribution in [0.25, 0.3) is 10.9 Å². The van der Waals surface area contributed by atoms with Gasteiger partial charge in [-0.2, -0.15) is 0 Å². The highest BCUT2D eigenvalue weighted by Gasteiger charge is 2.14. The molecule has 5 heteroatoms. The average Bonchev–Trinajstić information content (AvgIpc) is 2.79. The molecule has 18 heavy (non-hydrogen) atoms. The molecule has 1 aromatic carbocycles. The predicted molar refractivity (Wildman–Crippen MR) is 70.3 cm³/mol. The fourth-order valence-corrected chi connectivity index (χ4v) is 1.74. The maximum atomic E-state index is 12.0. The molecule has 2 unspecified atom stereocenters. The Bertz CT molecular complexity index is 548. The Kier molecular flexibility index (Phi) is 3.64. The molecule has 0 saturated heterocycles. The zero-order valence-electron chi connectivity index (χ0n) is 10.2. The van der Waals surface area contributed by atoms with Crippen LogP contribution in [0.5, 0.6) is 0 Å². The number of nitrogens with one attached hydrogen (secondary N) is 2. The number of hydrogen-bond donors (Lipinski definition) is 4. The molecular weight excluding hydrogens is 230 g/mol. The molecule has 0 aliphatic heterocycles. The summed E-state index contributed by atoms with van der Waals surface area (Å²) >= 11 is 0. The van der Waals surface area contributed by atoms with Crippen molar-refractivity contribution < 1.29 is 9.90 Å². The lowest BCUT2D eigenvalue weighted by Gasteiger charge is -2.14. The lowest BCUT2D eigenvalue weighted by Crippen LogP contribution is -2.43. The van der Waals surface area contributed by atoms with E-state index < -0.39 is 12.1 Å². The molecule has 0 bridgehead atoms. The second-order valence-electron chi connectivity index (χ2n) is 4.36. The van der Waals surface area contributed by atoms with E-state index in [1.165, 1.54) is 0 Å². The fraction of sp³-hybridized carbons (Fsp3) is 0.308. The third kappa shape index (κ3) is 2.52. The van der Waals surface area contributed by atoms with Crippen LogP contribution < -0.4 is 11.1 Å². The summed E-state index contributed by atoms with van der Waals surface area (Å²) in [7, 11) is 0. The van der Waals surface area contributed by atoms with Crippen LogP contribution in [0.15, 0.2) is 30.5 Å². The van der Waals surface area contributed by atoms with Crippen molar-refractivity contribution in [2.75, 3.05) is 6.54 Å². The van der Waals surface area contributed by atoms with Crippen molar-refractivity contribution in [3.05, 3.63) is 36.0 Å². The number of aliphatic hydroxyl groups is 1. The summed E-state index contributed by atoms with van der Waals surface area (Å²) in [6, 6.07) is 7.13. The van der Waals surface area contributed by atoms with Crippen LogP contribution in [-0.4, -0.2) is 34.7 Å². The van der Waals surface area contributed by atoms with Crippen LogP contribution in [0.4, 0.5) is 0 Å². The number of carbonyl (C=O) groups excluding carboxylic acids is 1. The molecule has 0 radical (unpaired) electrons. The standard InChI is InChI=1S/C13H17N3O2/c1-8(17)11(14)7-16-13(18)10-6-15-12-5-3-2-4-9(10)12/h2-6,8,11,15,17H,7,14H2,1H3,(H,16,18). The Balaban J connectivity index is 2.10. The first-order valence-corrected chi connectivity index (χ1v) is 5.87. The van der Waals surface area contributed by atoms with Crippen molar-refractivity contribution in [1.82, 2.24) is 10.3 Å². The Morgan fingerprint density at radius 2 is 2.22 bits per heavy atom. The monoisotopic (exact) mass is 247 g/mol. The molecule has 0 aliphatic rings. The number of rotatable bonds is 4. The summed E-state index contributed by atoms with van der Waals surface area (Å²) in [6.45, 7) is 1.85. The van der Waals surface area contributed by atoms with E-state index in [1.54, 1.807) is 13.1 Å². The van der Waals surface area contributed by atoms with Gasteiger partial charge in [0.2, 0.25) is 0 Å². The van der Waals surface area contributed by atoms with Crippen LogP contribution >= 0.6 is 0 Å². The van der Waals surface area contributed by atoms with Crippen molar-refractivity contribution in [1.29, 1.82) is 0 Å². The first-order chi connectivity index (χ1) is 8.59. The van der Waals surface area contributed by atoms with Crippen molar-refractivity contribution in [3.63, 3.8) is 0 Å². The summed E-state index contributed by atoms with van der Waals surface area (Å²) in [4.78, 5) is 15.0. The highest BCUT2D eigenvalue weighted by molar-refractivity contribution is 6.06. The zero-order valence-corrected chi connectivity index (χ0v) is 10.2. The molecule has 96 valence electrons. The van der Waals surface area contributed by atoms with Crippen molar-refractivity contribution in [2.24, 2.45) is 5.73 Å². The number of hydrogen-bond acceptors (Lipinski definition) is 3. The third-order valence-electron chi connectivity index (χ3n) is 2.95. The topological polar surface area (TPSA) is 91.1 Å². The normalized spacial score (nSPS) is 14.4. The minimum absolute atomic E-state index is 0.191. The average molecular weight is 247 g/mol. The second-order valence-corrected chi connectivity index (χ2v) is 4.36. The van der Waals surface area contributed by atoms with Crippen molar-refractivity contribution in [3.8, 4) is 0 Å². The number of amides is 1. The number of aromatic nitrogens is 1.